The Kier molecular flexibility index (Phi) is 6.00. The molecule has 1 aromatic heterocycles. The van der Waals surface area contributed by atoms with Crippen LogP contribution >= 0.6 is 0 Å². The Morgan fingerprint density at radius 2 is 1.76 bits per heavy atom. The number of piperidine rings is 1. The summed E-state index contributed by atoms with van der Waals surface area (Å²) in [6.45, 7) is 5.37. The highest BCUT2D eigenvalue weighted by molar-refractivity contribution is 7.89. The average molecular weight is 421 g/mol. The van der Waals surface area contributed by atoms with Crippen molar-refractivity contribution in [2.75, 3.05) is 26.2 Å². The van der Waals surface area contributed by atoms with E-state index in [2.05, 4.69) is 0 Å². The molecule has 2 heterocycles. The molecule has 8 nitrogen and oxygen atoms in total. The third-order valence-electron chi connectivity index (χ3n) is 5.76. The number of primary amides is 1. The first kappa shape index (κ1) is 21.3. The average Bonchev–Trinajstić information content (AvgIpc) is 3.04. The second-order valence-corrected chi connectivity index (χ2v) is 9.31. The number of rotatable bonds is 6. The molecule has 1 aliphatic rings. The van der Waals surface area contributed by atoms with Crippen LogP contribution in [0.3, 0.4) is 0 Å². The van der Waals surface area contributed by atoms with Crippen molar-refractivity contribution < 1.29 is 18.0 Å². The molecule has 0 aliphatic carbocycles. The number of fused-ring (bicyclic) bond motifs is 1. The molecule has 158 valence electrons. The highest BCUT2D eigenvalue weighted by atomic mass is 32.2. The molecule has 0 unspecified atom stereocenters. The highest BCUT2D eigenvalue weighted by Crippen LogP contribution is 2.26. The van der Waals surface area contributed by atoms with Gasteiger partial charge in [-0.2, -0.15) is 4.31 Å². The zero-order valence-corrected chi connectivity index (χ0v) is 17.9. The van der Waals surface area contributed by atoms with Gasteiger partial charge in [-0.1, -0.05) is 13.8 Å². The molecule has 1 aliphatic heterocycles. The largest absolute Gasteiger partial charge is 0.369 e. The molecule has 9 heteroatoms. The Hall–Kier alpha value is -2.39. The first-order chi connectivity index (χ1) is 13.7. The second-order valence-electron chi connectivity index (χ2n) is 7.37. The van der Waals surface area contributed by atoms with Crippen molar-refractivity contribution in [1.82, 2.24) is 13.8 Å². The number of hydrogen-bond donors (Lipinski definition) is 1. The van der Waals surface area contributed by atoms with Crippen molar-refractivity contribution in [2.24, 2.45) is 18.7 Å². The van der Waals surface area contributed by atoms with E-state index in [1.165, 1.54) is 4.31 Å². The molecule has 1 saturated heterocycles. The normalized spacial score (nSPS) is 15.9. The number of sulfonamides is 1. The molecule has 2 N–H and O–H groups in total. The summed E-state index contributed by atoms with van der Waals surface area (Å²) in [4.78, 5) is 26.3. The van der Waals surface area contributed by atoms with E-state index in [-0.39, 0.29) is 22.6 Å². The van der Waals surface area contributed by atoms with Gasteiger partial charge in [0.15, 0.2) is 0 Å². The Bertz CT molecular complexity index is 1030. The fraction of sp³-hybridized carbons (Fsp3) is 0.500. The van der Waals surface area contributed by atoms with Crippen LogP contribution < -0.4 is 5.73 Å². The third kappa shape index (κ3) is 3.89. The Morgan fingerprint density at radius 3 is 2.31 bits per heavy atom. The first-order valence-corrected chi connectivity index (χ1v) is 11.3. The minimum Gasteiger partial charge on any atom is -0.369 e. The summed E-state index contributed by atoms with van der Waals surface area (Å²) in [7, 11) is -1.77. The van der Waals surface area contributed by atoms with Crippen molar-refractivity contribution in [2.45, 2.75) is 31.6 Å². The summed E-state index contributed by atoms with van der Waals surface area (Å²) in [5, 5.41) is 0.705. The lowest BCUT2D eigenvalue weighted by atomic mass is 9.96. The lowest BCUT2D eigenvalue weighted by molar-refractivity contribution is -0.123. The Balaban J connectivity index is 1.90. The van der Waals surface area contributed by atoms with Gasteiger partial charge in [-0.15, -0.1) is 0 Å². The van der Waals surface area contributed by atoms with Crippen LogP contribution in [0.2, 0.25) is 0 Å². The zero-order chi connectivity index (χ0) is 21.3. The molecule has 0 bridgehead atoms. The van der Waals surface area contributed by atoms with E-state index in [9.17, 15) is 18.0 Å². The first-order valence-electron chi connectivity index (χ1n) is 9.88. The van der Waals surface area contributed by atoms with Crippen molar-refractivity contribution in [3.05, 3.63) is 30.0 Å². The van der Waals surface area contributed by atoms with Gasteiger partial charge in [0.1, 0.15) is 5.69 Å². The SMILES string of the molecule is CCN(CC)S(=O)(=O)c1ccc2c(c1)cc(C(=O)N1CCC(C(N)=O)CC1)n2C. The van der Waals surface area contributed by atoms with E-state index in [1.54, 1.807) is 54.6 Å². The van der Waals surface area contributed by atoms with E-state index >= 15 is 0 Å². The van der Waals surface area contributed by atoms with Gasteiger partial charge in [0, 0.05) is 50.0 Å². The quantitative estimate of drug-likeness (QED) is 0.765. The zero-order valence-electron chi connectivity index (χ0n) is 17.1. The van der Waals surface area contributed by atoms with Crippen molar-refractivity contribution in [3.63, 3.8) is 0 Å². The maximum atomic E-state index is 13.0. The number of aromatic nitrogens is 1. The van der Waals surface area contributed by atoms with Gasteiger partial charge in [-0.05, 0) is 37.1 Å². The summed E-state index contributed by atoms with van der Waals surface area (Å²) >= 11 is 0. The molecular weight excluding hydrogens is 392 g/mol. The van der Waals surface area contributed by atoms with Gasteiger partial charge < -0.3 is 15.2 Å². The topological polar surface area (TPSA) is 106 Å². The van der Waals surface area contributed by atoms with Gasteiger partial charge in [0.25, 0.3) is 5.91 Å². The molecule has 1 aromatic carbocycles. The summed E-state index contributed by atoms with van der Waals surface area (Å²) in [6, 6.07) is 6.68. The lowest BCUT2D eigenvalue weighted by Crippen LogP contribution is -2.42. The maximum Gasteiger partial charge on any atom is 0.270 e. The smallest absolute Gasteiger partial charge is 0.270 e. The number of hydrogen-bond acceptors (Lipinski definition) is 4. The monoisotopic (exact) mass is 420 g/mol. The molecule has 0 atom stereocenters. The van der Waals surface area contributed by atoms with Gasteiger partial charge in [-0.3, -0.25) is 9.59 Å². The minimum absolute atomic E-state index is 0.125. The van der Waals surface area contributed by atoms with Crippen LogP contribution in [0.5, 0.6) is 0 Å². The number of benzene rings is 1. The third-order valence-corrected chi connectivity index (χ3v) is 7.81. The summed E-state index contributed by atoms with van der Waals surface area (Å²) in [5.41, 5.74) is 6.65. The highest BCUT2D eigenvalue weighted by Gasteiger charge is 2.28. The van der Waals surface area contributed by atoms with Crippen LogP contribution in [-0.4, -0.2) is 60.2 Å². The molecule has 2 amide bonds. The second kappa shape index (κ2) is 8.16. The van der Waals surface area contributed by atoms with E-state index < -0.39 is 10.0 Å². The molecule has 0 radical (unpaired) electrons. The molecule has 0 saturated carbocycles. The van der Waals surface area contributed by atoms with Crippen LogP contribution in [0.4, 0.5) is 0 Å². The molecular formula is C20H28N4O4S. The maximum absolute atomic E-state index is 13.0. The standard InChI is InChI=1S/C20H28N4O4S/c1-4-24(5-2)29(27,28)16-6-7-17-15(12-16)13-18(22(17)3)20(26)23-10-8-14(9-11-23)19(21)25/h6-7,12-14H,4-5,8-11H2,1-3H3,(H2,21,25). The molecule has 29 heavy (non-hydrogen) atoms. The number of likely N-dealkylation sites (tertiary alicyclic amines) is 1. The molecule has 2 aromatic rings. The number of carbonyl (C=O) groups is 2. The summed E-state index contributed by atoms with van der Waals surface area (Å²) in [6.07, 6.45) is 1.13. The number of carbonyl (C=O) groups excluding carboxylic acids is 2. The fourth-order valence-electron chi connectivity index (χ4n) is 3.93. The van der Waals surface area contributed by atoms with Gasteiger partial charge in [-0.25, -0.2) is 8.42 Å². The van der Waals surface area contributed by atoms with Gasteiger partial charge in [0.05, 0.1) is 4.90 Å². The number of amides is 2. The van der Waals surface area contributed by atoms with Crippen LogP contribution in [0, 0.1) is 5.92 Å². The van der Waals surface area contributed by atoms with Crippen LogP contribution in [-0.2, 0) is 21.9 Å². The predicted molar refractivity (Wildman–Crippen MR) is 111 cm³/mol. The van der Waals surface area contributed by atoms with Crippen LogP contribution in [0.25, 0.3) is 10.9 Å². The van der Waals surface area contributed by atoms with Gasteiger partial charge in [0.2, 0.25) is 15.9 Å². The van der Waals surface area contributed by atoms with Gasteiger partial charge >= 0.3 is 0 Å². The van der Waals surface area contributed by atoms with E-state index in [1.807, 2.05) is 0 Å². The van der Waals surface area contributed by atoms with E-state index in [0.29, 0.717) is 50.1 Å². The van der Waals surface area contributed by atoms with Crippen molar-refractivity contribution >= 4 is 32.7 Å². The van der Waals surface area contributed by atoms with E-state index in [0.717, 1.165) is 5.52 Å². The number of aryl methyl sites for hydroxylation is 1. The Morgan fingerprint density at radius 1 is 1.14 bits per heavy atom. The summed E-state index contributed by atoms with van der Waals surface area (Å²) in [5.74, 6) is -0.622. The fourth-order valence-corrected chi connectivity index (χ4v) is 5.43. The van der Waals surface area contributed by atoms with E-state index in [4.69, 9.17) is 5.73 Å². The van der Waals surface area contributed by atoms with Crippen molar-refractivity contribution in [1.29, 1.82) is 0 Å². The van der Waals surface area contributed by atoms with Crippen LogP contribution in [0.15, 0.2) is 29.2 Å². The summed E-state index contributed by atoms with van der Waals surface area (Å²) < 4.78 is 28.8. The molecule has 0 spiro atoms. The minimum atomic E-state index is -3.57. The van der Waals surface area contributed by atoms with Crippen LogP contribution in [0.1, 0.15) is 37.2 Å². The Labute approximate surface area is 171 Å². The number of nitrogens with zero attached hydrogens (tertiary/aromatic N) is 3. The predicted octanol–water partition coefficient (Wildman–Crippen LogP) is 1.55. The van der Waals surface area contributed by atoms with Crippen molar-refractivity contribution in [3.8, 4) is 0 Å². The lowest BCUT2D eigenvalue weighted by Gasteiger charge is -2.30. The number of nitrogens with two attached hydrogens (primary N) is 1. The molecule has 1 fully saturated rings. The molecule has 3 rings (SSSR count).